The Bertz CT molecular complexity index is 2210. The molecule has 0 fully saturated rings. The Labute approximate surface area is 269 Å². The van der Waals surface area contributed by atoms with Crippen molar-refractivity contribution in [2.24, 2.45) is 4.99 Å². The van der Waals surface area contributed by atoms with Crippen LogP contribution in [0.25, 0.3) is 22.7 Å². The van der Waals surface area contributed by atoms with E-state index in [0.29, 0.717) is 27.1 Å². The Morgan fingerprint density at radius 2 is 1.77 bits per heavy atom. The second-order valence-corrected chi connectivity index (χ2v) is 13.2. The lowest BCUT2D eigenvalue weighted by atomic mass is 9.97. The van der Waals surface area contributed by atoms with E-state index < -0.39 is 12.0 Å². The average Bonchev–Trinajstić information content (AvgIpc) is 3.77. The number of thiophene rings is 1. The van der Waals surface area contributed by atoms with E-state index in [1.165, 1.54) is 28.2 Å². The number of hydrogen-bond donors (Lipinski definition) is 0. The third-order valence-electron chi connectivity index (χ3n) is 7.56. The molecule has 0 unspecified atom stereocenters. The first-order valence-electron chi connectivity index (χ1n) is 14.2. The zero-order chi connectivity index (χ0) is 30.2. The van der Waals surface area contributed by atoms with Crippen LogP contribution in [0.5, 0.6) is 0 Å². The fourth-order valence-corrected chi connectivity index (χ4v) is 7.68. The van der Waals surface area contributed by atoms with Gasteiger partial charge < -0.3 is 9.30 Å². The molecular formula is C35H26BrN3O3S2. The first-order valence-corrected chi connectivity index (χ1v) is 16.6. The predicted molar refractivity (Wildman–Crippen MR) is 181 cm³/mol. The van der Waals surface area contributed by atoms with Crippen LogP contribution >= 0.6 is 38.6 Å². The molecule has 0 N–H and O–H groups in total. The molecule has 1 aliphatic heterocycles. The molecule has 0 spiro atoms. The number of nitrogens with zero attached hydrogens (tertiary/aromatic N) is 3. The van der Waals surface area contributed by atoms with Gasteiger partial charge in [0.1, 0.15) is 6.04 Å². The number of fused-ring (bicyclic) bond motifs is 2. The molecule has 9 heteroatoms. The lowest BCUT2D eigenvalue weighted by Gasteiger charge is -2.24. The van der Waals surface area contributed by atoms with Crippen LogP contribution in [-0.4, -0.2) is 21.7 Å². The number of para-hydroxylation sites is 1. The van der Waals surface area contributed by atoms with Crippen molar-refractivity contribution in [2.45, 2.75) is 19.5 Å². The summed E-state index contributed by atoms with van der Waals surface area (Å²) in [4.78, 5) is 34.2. The maximum Gasteiger partial charge on any atom is 0.338 e. The van der Waals surface area contributed by atoms with Gasteiger partial charge in [0.25, 0.3) is 5.56 Å². The molecule has 0 saturated carbocycles. The summed E-state index contributed by atoms with van der Waals surface area (Å²) < 4.78 is 11.0. The van der Waals surface area contributed by atoms with Gasteiger partial charge in [0.05, 0.1) is 22.4 Å². The van der Waals surface area contributed by atoms with Crippen LogP contribution in [0.2, 0.25) is 0 Å². The number of esters is 1. The molecular weight excluding hydrogens is 654 g/mol. The molecule has 6 nitrogen and oxygen atoms in total. The van der Waals surface area contributed by atoms with Gasteiger partial charge in [0.2, 0.25) is 0 Å². The van der Waals surface area contributed by atoms with Gasteiger partial charge in [-0.05, 0) is 48.2 Å². The van der Waals surface area contributed by atoms with E-state index in [0.717, 1.165) is 31.4 Å². The number of halogens is 1. The van der Waals surface area contributed by atoms with Gasteiger partial charge in [-0.25, -0.2) is 9.79 Å². The van der Waals surface area contributed by atoms with E-state index in [9.17, 15) is 9.59 Å². The molecule has 1 aliphatic rings. The topological polar surface area (TPSA) is 65.6 Å². The highest BCUT2D eigenvalue weighted by Crippen LogP contribution is 2.37. The minimum Gasteiger partial charge on any atom is -0.463 e. The van der Waals surface area contributed by atoms with E-state index in [-0.39, 0.29) is 12.2 Å². The Kier molecular flexibility index (Phi) is 7.76. The summed E-state index contributed by atoms with van der Waals surface area (Å²) >= 11 is 6.36. The summed E-state index contributed by atoms with van der Waals surface area (Å²) in [6.45, 7) is 2.70. The summed E-state index contributed by atoms with van der Waals surface area (Å²) in [7, 11) is 0. The first kappa shape index (κ1) is 28.5. The standard InChI is InChI=1S/C35H26BrN3O3S2/c1-2-42-34(41)30-31(23-9-4-3-5-10-23)37-35-39(32(30)28-13-8-18-43-28)33(40)29(44-35)19-24-21-38(27-12-7-6-11-26(24)27)20-22-14-16-25(36)17-15-22/h3-19,21,32H,2,20H2,1H3/b29-19-/t32-/m1/s1. The monoisotopic (exact) mass is 679 g/mol. The highest BCUT2D eigenvalue weighted by Gasteiger charge is 2.35. The van der Waals surface area contributed by atoms with E-state index >= 15 is 0 Å². The van der Waals surface area contributed by atoms with Gasteiger partial charge in [0, 0.05) is 44.1 Å². The van der Waals surface area contributed by atoms with Gasteiger partial charge in [0.15, 0.2) is 4.80 Å². The molecule has 0 amide bonds. The number of thiazole rings is 1. The highest BCUT2D eigenvalue weighted by atomic mass is 79.9. The van der Waals surface area contributed by atoms with Crippen molar-refractivity contribution in [1.29, 1.82) is 0 Å². The molecule has 44 heavy (non-hydrogen) atoms. The minimum absolute atomic E-state index is 0.189. The molecule has 7 rings (SSSR count). The average molecular weight is 681 g/mol. The fraction of sp³-hybridized carbons (Fsp3) is 0.114. The zero-order valence-corrected chi connectivity index (χ0v) is 26.9. The molecule has 3 aromatic heterocycles. The van der Waals surface area contributed by atoms with Gasteiger partial charge in [-0.15, -0.1) is 11.3 Å². The fourth-order valence-electron chi connectivity index (χ4n) is 5.61. The molecule has 0 aliphatic carbocycles. The zero-order valence-electron chi connectivity index (χ0n) is 23.6. The minimum atomic E-state index is -0.651. The van der Waals surface area contributed by atoms with Crippen LogP contribution in [0.3, 0.4) is 0 Å². The Morgan fingerprint density at radius 3 is 2.52 bits per heavy atom. The smallest absolute Gasteiger partial charge is 0.338 e. The quantitative estimate of drug-likeness (QED) is 0.175. The Balaban J connectivity index is 1.43. The van der Waals surface area contributed by atoms with Crippen molar-refractivity contribution in [1.82, 2.24) is 9.13 Å². The molecule has 0 radical (unpaired) electrons. The van der Waals surface area contributed by atoms with Gasteiger partial charge in [-0.1, -0.05) is 94.0 Å². The number of carbonyl (C=O) groups is 1. The van der Waals surface area contributed by atoms with E-state index in [2.05, 4.69) is 51.0 Å². The molecule has 6 aromatic rings. The van der Waals surface area contributed by atoms with Crippen molar-refractivity contribution in [3.8, 4) is 0 Å². The summed E-state index contributed by atoms with van der Waals surface area (Å²) in [5.41, 5.74) is 4.71. The van der Waals surface area contributed by atoms with Crippen LogP contribution in [0.4, 0.5) is 0 Å². The Hall–Kier alpha value is -4.31. The van der Waals surface area contributed by atoms with Crippen molar-refractivity contribution in [2.75, 3.05) is 6.61 Å². The van der Waals surface area contributed by atoms with Gasteiger partial charge >= 0.3 is 5.97 Å². The van der Waals surface area contributed by atoms with Crippen molar-refractivity contribution in [3.05, 3.63) is 154 Å². The molecule has 0 saturated heterocycles. The largest absolute Gasteiger partial charge is 0.463 e. The number of hydrogen-bond acceptors (Lipinski definition) is 6. The number of rotatable bonds is 7. The van der Waals surface area contributed by atoms with Crippen molar-refractivity contribution >= 4 is 67.2 Å². The summed E-state index contributed by atoms with van der Waals surface area (Å²) in [6.07, 6.45) is 4.05. The summed E-state index contributed by atoms with van der Waals surface area (Å²) in [5, 5.41) is 3.01. The third kappa shape index (κ3) is 5.21. The van der Waals surface area contributed by atoms with Crippen LogP contribution in [-0.2, 0) is 16.1 Å². The SMILES string of the molecule is CCOC(=O)C1=C(c2ccccc2)N=c2s/c(=C\c3cn(Cc4ccc(Br)cc4)c4ccccc34)c(=O)n2[C@@H]1c1cccs1. The predicted octanol–water partition coefficient (Wildman–Crippen LogP) is 6.76. The normalized spacial score (nSPS) is 15.0. The van der Waals surface area contributed by atoms with Gasteiger partial charge in [-0.3, -0.25) is 9.36 Å². The second-order valence-electron chi connectivity index (χ2n) is 10.3. The summed E-state index contributed by atoms with van der Waals surface area (Å²) in [5.74, 6) is -0.473. The van der Waals surface area contributed by atoms with Gasteiger partial charge in [-0.2, -0.15) is 0 Å². The van der Waals surface area contributed by atoms with Crippen LogP contribution in [0, 0.1) is 0 Å². The second kappa shape index (κ2) is 12.0. The Morgan fingerprint density at radius 1 is 1.00 bits per heavy atom. The summed E-state index contributed by atoms with van der Waals surface area (Å²) in [6, 6.07) is 29.4. The lowest BCUT2D eigenvalue weighted by molar-refractivity contribution is -0.138. The maximum atomic E-state index is 14.3. The van der Waals surface area contributed by atoms with E-state index in [1.807, 2.05) is 78.2 Å². The maximum absolute atomic E-state index is 14.3. The highest BCUT2D eigenvalue weighted by molar-refractivity contribution is 9.10. The third-order valence-corrected chi connectivity index (χ3v) is 9.99. The van der Waals surface area contributed by atoms with Crippen LogP contribution in [0.1, 0.15) is 34.5 Å². The van der Waals surface area contributed by atoms with Crippen LogP contribution in [0.15, 0.2) is 122 Å². The first-order chi connectivity index (χ1) is 21.5. The van der Waals surface area contributed by atoms with Crippen molar-refractivity contribution < 1.29 is 9.53 Å². The molecule has 0 bridgehead atoms. The molecule has 3 aromatic carbocycles. The molecule has 1 atom stereocenters. The lowest BCUT2D eigenvalue weighted by Crippen LogP contribution is -2.39. The van der Waals surface area contributed by atoms with E-state index in [1.54, 1.807) is 11.5 Å². The number of aromatic nitrogens is 2. The molecule has 4 heterocycles. The van der Waals surface area contributed by atoms with Crippen molar-refractivity contribution in [3.63, 3.8) is 0 Å². The number of benzene rings is 3. The number of carbonyl (C=O) groups excluding carboxylic acids is 1. The van der Waals surface area contributed by atoms with E-state index in [4.69, 9.17) is 9.73 Å². The number of ether oxygens (including phenoxy) is 1. The van der Waals surface area contributed by atoms with Crippen LogP contribution < -0.4 is 14.9 Å². The molecule has 218 valence electrons.